The number of methoxy groups -OCH3 is 1. The predicted octanol–water partition coefficient (Wildman–Crippen LogP) is 2.71. The first kappa shape index (κ1) is 17.4. The second kappa shape index (κ2) is 7.67. The second-order valence-corrected chi connectivity index (χ2v) is 6.35. The molecule has 0 saturated heterocycles. The summed E-state index contributed by atoms with van der Waals surface area (Å²) in [5.41, 5.74) is 2.88. The maximum Gasteiger partial charge on any atom is 0.244 e. The van der Waals surface area contributed by atoms with Crippen LogP contribution in [0.1, 0.15) is 11.3 Å². The van der Waals surface area contributed by atoms with Crippen LogP contribution in [-0.4, -0.2) is 40.8 Å². The maximum absolute atomic E-state index is 13.0. The molecule has 7 heteroatoms. The molecule has 3 heterocycles. The molecule has 0 atom stereocenters. The summed E-state index contributed by atoms with van der Waals surface area (Å²) in [7, 11) is 1.62. The normalized spacial score (nSPS) is 12.2. The number of carbonyl (C=O) groups excluding carboxylic acids is 1. The highest BCUT2D eigenvalue weighted by Crippen LogP contribution is 2.37. The van der Waals surface area contributed by atoms with Gasteiger partial charge in [-0.15, -0.1) is 0 Å². The zero-order valence-corrected chi connectivity index (χ0v) is 15.1. The Bertz CT molecular complexity index is 917. The fraction of sp³-hybridized carbons (Fsp3) is 0.300. The van der Waals surface area contributed by atoms with Crippen molar-refractivity contribution in [3.63, 3.8) is 0 Å². The minimum absolute atomic E-state index is 0.0432. The molecule has 0 saturated carbocycles. The van der Waals surface area contributed by atoms with Crippen molar-refractivity contribution in [2.75, 3.05) is 20.3 Å². The van der Waals surface area contributed by atoms with Gasteiger partial charge in [0.25, 0.3) is 0 Å². The third kappa shape index (κ3) is 3.59. The van der Waals surface area contributed by atoms with E-state index in [1.54, 1.807) is 29.2 Å². The average Bonchev–Trinajstić information content (AvgIpc) is 3.35. The van der Waals surface area contributed by atoms with Crippen molar-refractivity contribution in [1.82, 2.24) is 14.7 Å². The number of amides is 1. The minimum Gasteiger partial charge on any atom is -0.488 e. The summed E-state index contributed by atoms with van der Waals surface area (Å²) in [6, 6.07) is 11.5. The number of rotatable bonds is 7. The van der Waals surface area contributed by atoms with Crippen LogP contribution in [0.25, 0.3) is 11.3 Å². The van der Waals surface area contributed by atoms with Crippen LogP contribution in [0.3, 0.4) is 0 Å². The molecule has 0 aliphatic carbocycles. The second-order valence-electron chi connectivity index (χ2n) is 6.35. The number of hydrogen-bond donors (Lipinski definition) is 0. The lowest BCUT2D eigenvalue weighted by atomic mass is 10.0. The van der Waals surface area contributed by atoms with Crippen molar-refractivity contribution in [2.45, 2.75) is 19.7 Å². The third-order valence-electron chi connectivity index (χ3n) is 4.57. The maximum atomic E-state index is 13.0. The molecule has 1 aliphatic heterocycles. The van der Waals surface area contributed by atoms with Gasteiger partial charge in [-0.05, 0) is 24.3 Å². The molecule has 7 nitrogen and oxygen atoms in total. The van der Waals surface area contributed by atoms with E-state index < -0.39 is 0 Å². The van der Waals surface area contributed by atoms with Gasteiger partial charge in [-0.2, -0.15) is 5.10 Å². The monoisotopic (exact) mass is 367 g/mol. The topological polar surface area (TPSA) is 69.7 Å². The van der Waals surface area contributed by atoms with Crippen molar-refractivity contribution in [3.8, 4) is 17.0 Å². The Morgan fingerprint density at radius 2 is 2.19 bits per heavy atom. The van der Waals surface area contributed by atoms with Gasteiger partial charge in [-0.3, -0.25) is 9.48 Å². The largest absolute Gasteiger partial charge is 0.488 e. The lowest BCUT2D eigenvalue weighted by molar-refractivity contribution is -0.133. The van der Waals surface area contributed by atoms with E-state index in [0.29, 0.717) is 26.3 Å². The van der Waals surface area contributed by atoms with Gasteiger partial charge in [0.15, 0.2) is 0 Å². The van der Waals surface area contributed by atoms with Crippen LogP contribution in [-0.2, 0) is 29.2 Å². The molecular weight excluding hydrogens is 346 g/mol. The summed E-state index contributed by atoms with van der Waals surface area (Å²) in [6.45, 7) is 1.95. The molecule has 0 radical (unpaired) electrons. The van der Waals surface area contributed by atoms with E-state index in [4.69, 9.17) is 13.9 Å². The van der Waals surface area contributed by atoms with Crippen LogP contribution < -0.4 is 4.74 Å². The number of benzene rings is 1. The van der Waals surface area contributed by atoms with Crippen LogP contribution in [0.2, 0.25) is 0 Å². The van der Waals surface area contributed by atoms with E-state index in [1.807, 2.05) is 36.4 Å². The molecule has 1 aliphatic rings. The molecule has 0 spiro atoms. The number of ether oxygens (including phenoxy) is 2. The lowest BCUT2D eigenvalue weighted by Crippen LogP contribution is -2.36. The van der Waals surface area contributed by atoms with Crippen LogP contribution in [0, 0.1) is 0 Å². The smallest absolute Gasteiger partial charge is 0.244 e. The highest BCUT2D eigenvalue weighted by atomic mass is 16.5. The first-order chi connectivity index (χ1) is 13.3. The van der Waals surface area contributed by atoms with Crippen molar-refractivity contribution >= 4 is 5.91 Å². The molecule has 1 amide bonds. The summed E-state index contributed by atoms with van der Waals surface area (Å²) in [5.74, 6) is 1.50. The van der Waals surface area contributed by atoms with Crippen molar-refractivity contribution in [3.05, 3.63) is 60.2 Å². The van der Waals surface area contributed by atoms with Gasteiger partial charge in [0.2, 0.25) is 5.91 Å². The summed E-state index contributed by atoms with van der Waals surface area (Å²) >= 11 is 0. The Balaban J connectivity index is 1.56. The van der Waals surface area contributed by atoms with E-state index in [1.165, 1.54) is 0 Å². The molecule has 1 aromatic carbocycles. The van der Waals surface area contributed by atoms with Crippen LogP contribution in [0.5, 0.6) is 5.75 Å². The fourth-order valence-corrected chi connectivity index (χ4v) is 3.22. The molecule has 27 heavy (non-hydrogen) atoms. The van der Waals surface area contributed by atoms with Gasteiger partial charge >= 0.3 is 0 Å². The number of aromatic nitrogens is 2. The predicted molar refractivity (Wildman–Crippen MR) is 98.0 cm³/mol. The van der Waals surface area contributed by atoms with E-state index in [9.17, 15) is 4.79 Å². The van der Waals surface area contributed by atoms with Crippen LogP contribution >= 0.6 is 0 Å². The standard InChI is InChI=1S/C20H21N3O4/c1-25-10-8-22(12-16-5-4-9-26-16)19(24)13-23-20-15(11-21-23)14-27-18-7-3-2-6-17(18)20/h2-7,9,11H,8,10,12-14H2,1H3. The zero-order chi connectivity index (χ0) is 18.6. The number of carbonyl (C=O) groups is 1. The first-order valence-electron chi connectivity index (χ1n) is 8.82. The van der Waals surface area contributed by atoms with E-state index >= 15 is 0 Å². The molecule has 0 N–H and O–H groups in total. The Labute approximate surface area is 157 Å². The Morgan fingerprint density at radius 3 is 3.00 bits per heavy atom. The molecule has 0 fully saturated rings. The summed E-state index contributed by atoms with van der Waals surface area (Å²) in [5, 5.41) is 4.43. The minimum atomic E-state index is -0.0432. The number of nitrogens with zero attached hydrogens (tertiary/aromatic N) is 3. The quantitative estimate of drug-likeness (QED) is 0.642. The number of hydrogen-bond acceptors (Lipinski definition) is 5. The molecule has 140 valence electrons. The number of para-hydroxylation sites is 1. The molecule has 2 aromatic heterocycles. The number of fused-ring (bicyclic) bond motifs is 3. The summed E-state index contributed by atoms with van der Waals surface area (Å²) in [4.78, 5) is 14.7. The van der Waals surface area contributed by atoms with Crippen molar-refractivity contribution < 1.29 is 18.7 Å². The van der Waals surface area contributed by atoms with Crippen LogP contribution in [0.4, 0.5) is 0 Å². The van der Waals surface area contributed by atoms with E-state index in [0.717, 1.165) is 28.3 Å². The van der Waals surface area contributed by atoms with E-state index in [-0.39, 0.29) is 12.5 Å². The SMILES string of the molecule is COCCN(Cc1ccco1)C(=O)Cn1ncc2c1-c1ccccc1OC2. The Hall–Kier alpha value is -3.06. The van der Waals surface area contributed by atoms with E-state index in [2.05, 4.69) is 5.10 Å². The summed E-state index contributed by atoms with van der Waals surface area (Å²) in [6.07, 6.45) is 3.37. The number of furan rings is 1. The molecule has 0 unspecified atom stereocenters. The fourth-order valence-electron chi connectivity index (χ4n) is 3.22. The highest BCUT2D eigenvalue weighted by Gasteiger charge is 2.24. The summed E-state index contributed by atoms with van der Waals surface area (Å²) < 4.78 is 18.1. The van der Waals surface area contributed by atoms with Gasteiger partial charge < -0.3 is 18.8 Å². The molecule has 4 rings (SSSR count). The highest BCUT2D eigenvalue weighted by molar-refractivity contribution is 5.78. The van der Waals surface area contributed by atoms with Gasteiger partial charge in [-0.25, -0.2) is 0 Å². The Morgan fingerprint density at radius 1 is 1.30 bits per heavy atom. The van der Waals surface area contributed by atoms with Gasteiger partial charge in [-0.1, -0.05) is 12.1 Å². The molecular formula is C20H21N3O4. The van der Waals surface area contributed by atoms with Gasteiger partial charge in [0.1, 0.15) is 24.7 Å². The average molecular weight is 367 g/mol. The van der Waals surface area contributed by atoms with Crippen molar-refractivity contribution in [1.29, 1.82) is 0 Å². The van der Waals surface area contributed by atoms with Crippen molar-refractivity contribution in [2.24, 2.45) is 0 Å². The first-order valence-corrected chi connectivity index (χ1v) is 8.82. The Kier molecular flexibility index (Phi) is 4.93. The van der Waals surface area contributed by atoms with Crippen LogP contribution in [0.15, 0.2) is 53.3 Å². The lowest BCUT2D eigenvalue weighted by Gasteiger charge is -2.23. The zero-order valence-electron chi connectivity index (χ0n) is 15.1. The molecule has 3 aromatic rings. The molecule has 0 bridgehead atoms. The van der Waals surface area contributed by atoms with Gasteiger partial charge in [0.05, 0.1) is 31.3 Å². The third-order valence-corrected chi connectivity index (χ3v) is 4.57. The van der Waals surface area contributed by atoms with Gasteiger partial charge in [0, 0.05) is 24.8 Å².